The lowest BCUT2D eigenvalue weighted by molar-refractivity contribution is 0.532. The van der Waals surface area contributed by atoms with Crippen molar-refractivity contribution < 1.29 is 8.83 Å². The molecule has 0 amide bonds. The fourth-order valence-corrected chi connectivity index (χ4v) is 3.98. The lowest BCUT2D eigenvalue weighted by Crippen LogP contribution is -2.20. The highest BCUT2D eigenvalue weighted by atomic mass is 27.1. The van der Waals surface area contributed by atoms with Gasteiger partial charge < -0.3 is 12.7 Å². The molecule has 0 aliphatic heterocycles. The van der Waals surface area contributed by atoms with Crippen molar-refractivity contribution in [2.45, 2.75) is 13.8 Å². The third-order valence-electron chi connectivity index (χ3n) is 4.22. The molecule has 0 N–H and O–H groups in total. The standard InChI is InChI=1S/C18H14N5O2.C2H3.Al.H/c1-11-20-22-17(24-11)13-3-7-15(8-4-13)19-16-9-5-14(6-10-16)18-23-21-12(2)25-18;1-2;;/h3-10H,1-2H3;1H,2H2;;/q-1;;+1;. The van der Waals surface area contributed by atoms with Crippen molar-refractivity contribution in [2.75, 3.05) is 3.88 Å². The normalized spacial score (nSPS) is 10.6. The highest BCUT2D eigenvalue weighted by Gasteiger charge is 2.13. The van der Waals surface area contributed by atoms with Crippen LogP contribution in [0.5, 0.6) is 0 Å². The summed E-state index contributed by atoms with van der Waals surface area (Å²) in [6, 6.07) is 16.2. The fraction of sp³-hybridized carbons (Fsp3) is 0.100. The van der Waals surface area contributed by atoms with Gasteiger partial charge in [0, 0.05) is 36.3 Å². The van der Waals surface area contributed by atoms with E-state index in [0.717, 1.165) is 22.5 Å². The summed E-state index contributed by atoms with van der Waals surface area (Å²) in [4.78, 5) is 2.00. The molecule has 0 radical (unpaired) electrons. The summed E-state index contributed by atoms with van der Waals surface area (Å²) in [6.45, 7) is 7.50. The van der Waals surface area contributed by atoms with Crippen LogP contribution in [0.1, 0.15) is 11.8 Å². The van der Waals surface area contributed by atoms with Crippen LogP contribution in [0, 0.1) is 13.8 Å². The Labute approximate surface area is 168 Å². The van der Waals surface area contributed by atoms with Gasteiger partial charge in [0.2, 0.25) is 23.6 Å². The molecule has 8 heteroatoms. The Morgan fingerprint density at radius 1 is 0.750 bits per heavy atom. The molecule has 2 aromatic carbocycles. The maximum absolute atomic E-state index is 5.50. The van der Waals surface area contributed by atoms with Crippen molar-refractivity contribution in [3.8, 4) is 22.9 Å². The van der Waals surface area contributed by atoms with E-state index < -0.39 is 15.4 Å². The van der Waals surface area contributed by atoms with E-state index in [1.54, 1.807) is 13.8 Å². The van der Waals surface area contributed by atoms with E-state index in [-0.39, 0.29) is 0 Å². The van der Waals surface area contributed by atoms with Gasteiger partial charge in [-0.2, -0.15) is 0 Å². The maximum Gasteiger partial charge on any atom is 0.426 e. The first-order chi connectivity index (χ1) is 13.6. The van der Waals surface area contributed by atoms with Crippen LogP contribution < -0.4 is 3.88 Å². The number of aromatic nitrogens is 4. The molecule has 2 heterocycles. The molecule has 0 spiro atoms. The van der Waals surface area contributed by atoms with Crippen LogP contribution in [-0.2, 0) is 0 Å². The number of aryl methyl sites for hydroxylation is 2. The zero-order valence-electron chi connectivity index (χ0n) is 15.7. The molecule has 0 aliphatic carbocycles. The van der Waals surface area contributed by atoms with Crippen molar-refractivity contribution in [3.05, 3.63) is 71.8 Å². The third-order valence-corrected chi connectivity index (χ3v) is 5.57. The summed E-state index contributed by atoms with van der Waals surface area (Å²) in [7, 11) is 0. The summed E-state index contributed by atoms with van der Waals surface area (Å²) in [5, 5.41) is 15.9. The Hall–Kier alpha value is -3.21. The minimum Gasteiger partial charge on any atom is -0.433 e. The van der Waals surface area contributed by atoms with Crippen LogP contribution >= 0.6 is 0 Å². The van der Waals surface area contributed by atoms with Gasteiger partial charge in [-0.05, 0) is 48.5 Å². The molecule has 138 valence electrons. The topological polar surface area (TPSA) is 81.1 Å². The summed E-state index contributed by atoms with van der Waals surface area (Å²) in [5.41, 5.74) is 3.97. The van der Waals surface area contributed by atoms with Gasteiger partial charge in [0.1, 0.15) is 0 Å². The number of rotatable bonds is 6. The molecule has 0 aliphatic rings. The van der Waals surface area contributed by atoms with Gasteiger partial charge in [0.15, 0.2) is 0 Å². The Morgan fingerprint density at radius 3 is 1.50 bits per heavy atom. The molecule has 4 rings (SSSR count). The second kappa shape index (κ2) is 7.81. The summed E-state index contributed by atoms with van der Waals surface area (Å²) >= 11 is -0.708. The number of benzene rings is 2. The molecule has 0 saturated carbocycles. The van der Waals surface area contributed by atoms with Gasteiger partial charge in [-0.15, -0.1) is 31.9 Å². The van der Waals surface area contributed by atoms with Gasteiger partial charge in [-0.1, -0.05) is 0 Å². The predicted octanol–water partition coefficient (Wildman–Crippen LogP) is 4.04. The van der Waals surface area contributed by atoms with Gasteiger partial charge >= 0.3 is 15.4 Å². The minimum atomic E-state index is -0.708. The second-order valence-electron chi connectivity index (χ2n) is 6.25. The fourth-order valence-electron chi connectivity index (χ4n) is 2.88. The van der Waals surface area contributed by atoms with E-state index in [2.05, 4.69) is 55.1 Å². The van der Waals surface area contributed by atoms with Crippen LogP contribution in [0.3, 0.4) is 0 Å². The van der Waals surface area contributed by atoms with E-state index in [0.29, 0.717) is 23.6 Å². The van der Waals surface area contributed by atoms with E-state index in [1.807, 2.05) is 29.2 Å². The minimum absolute atomic E-state index is 0.524. The SMILES string of the molecule is C=[CH][AlH][N](c1ccc(-c2nnc(C)o2)cc1)c1ccc(-c2nnc(C)o2)cc1. The van der Waals surface area contributed by atoms with Crippen LogP contribution in [0.25, 0.3) is 22.9 Å². The average molecular weight is 387 g/mol. The highest BCUT2D eigenvalue weighted by Crippen LogP contribution is 2.29. The third kappa shape index (κ3) is 3.74. The Kier molecular flexibility index (Phi) is 5.07. The number of anilines is 2. The van der Waals surface area contributed by atoms with Crippen molar-refractivity contribution >= 4 is 26.8 Å². The maximum atomic E-state index is 5.50. The van der Waals surface area contributed by atoms with Gasteiger partial charge in [-0.25, -0.2) is 0 Å². The largest absolute Gasteiger partial charge is 0.433 e. The molecule has 7 nitrogen and oxygen atoms in total. The predicted molar refractivity (Wildman–Crippen MR) is 108 cm³/mol. The smallest absolute Gasteiger partial charge is 0.426 e. The first-order valence-corrected chi connectivity index (χ1v) is 10.3. The Balaban J connectivity index is 1.60. The molecular weight excluding hydrogens is 369 g/mol. The monoisotopic (exact) mass is 387 g/mol. The average Bonchev–Trinajstić information content (AvgIpc) is 3.35. The second-order valence-corrected chi connectivity index (χ2v) is 7.82. The molecular formula is C20H18AlN5O2. The molecule has 4 aromatic rings. The van der Waals surface area contributed by atoms with Gasteiger partial charge in [0.25, 0.3) is 0 Å². The van der Waals surface area contributed by atoms with Crippen molar-refractivity contribution in [3.63, 3.8) is 0 Å². The summed E-state index contributed by atoms with van der Waals surface area (Å²) in [5.74, 6) is 2.15. The van der Waals surface area contributed by atoms with Crippen LogP contribution in [-0.4, -0.2) is 35.8 Å². The van der Waals surface area contributed by atoms with Gasteiger partial charge in [0.05, 0.1) is 0 Å². The molecule has 2 aromatic heterocycles. The van der Waals surface area contributed by atoms with Gasteiger partial charge in [-0.3, -0.25) is 0 Å². The quantitative estimate of drug-likeness (QED) is 0.462. The summed E-state index contributed by atoms with van der Waals surface area (Å²) < 4.78 is 13.3. The zero-order valence-corrected chi connectivity index (χ0v) is 17.1. The van der Waals surface area contributed by atoms with E-state index in [9.17, 15) is 0 Å². The molecule has 0 unspecified atom stereocenters. The number of nitrogens with zero attached hydrogens (tertiary/aromatic N) is 5. The lowest BCUT2D eigenvalue weighted by Gasteiger charge is -2.24. The van der Waals surface area contributed by atoms with Crippen LogP contribution in [0.2, 0.25) is 0 Å². The highest BCUT2D eigenvalue weighted by molar-refractivity contribution is 6.49. The van der Waals surface area contributed by atoms with E-state index in [1.165, 1.54) is 0 Å². The summed E-state index contributed by atoms with van der Waals surface area (Å²) in [6.07, 6.45) is 0. The molecule has 0 saturated heterocycles. The van der Waals surface area contributed by atoms with Crippen molar-refractivity contribution in [1.29, 1.82) is 0 Å². The molecule has 0 bridgehead atoms. The molecule has 28 heavy (non-hydrogen) atoms. The number of hydrogen-bond donors (Lipinski definition) is 0. The van der Waals surface area contributed by atoms with Crippen LogP contribution in [0.4, 0.5) is 11.4 Å². The van der Waals surface area contributed by atoms with E-state index in [4.69, 9.17) is 8.83 Å². The lowest BCUT2D eigenvalue weighted by atomic mass is 10.1. The van der Waals surface area contributed by atoms with Crippen LogP contribution in [0.15, 0.2) is 68.9 Å². The number of hydrogen-bond acceptors (Lipinski definition) is 7. The first kappa shape index (κ1) is 18.2. The van der Waals surface area contributed by atoms with E-state index >= 15 is 0 Å². The Bertz CT molecular complexity index is 1000. The molecule has 0 fully saturated rings. The molecule has 0 atom stereocenters. The van der Waals surface area contributed by atoms with Crippen molar-refractivity contribution in [1.82, 2.24) is 20.4 Å². The zero-order chi connectivity index (χ0) is 19.5. The first-order valence-electron chi connectivity index (χ1n) is 8.83. The van der Waals surface area contributed by atoms with Crippen molar-refractivity contribution in [2.24, 2.45) is 0 Å². The Morgan fingerprint density at radius 2 is 1.18 bits per heavy atom.